The zero-order valence-corrected chi connectivity index (χ0v) is 6.29. The molecule has 0 radical (unpaired) electrons. The van der Waals surface area contributed by atoms with Crippen molar-refractivity contribution in [1.29, 1.82) is 0 Å². The quantitative estimate of drug-likeness (QED) is 0.272. The van der Waals surface area contributed by atoms with E-state index in [0.717, 1.165) is 0 Å². The first-order chi connectivity index (χ1) is 5.51. The van der Waals surface area contributed by atoms with Crippen LogP contribution in [0.4, 0.5) is 0 Å². The van der Waals surface area contributed by atoms with Crippen LogP contribution >= 0.6 is 0 Å². The van der Waals surface area contributed by atoms with Gasteiger partial charge >= 0.3 is 0 Å². The summed E-state index contributed by atoms with van der Waals surface area (Å²) in [5, 5.41) is 45.0. The minimum Gasteiger partial charge on any atom is -0.391 e. The Balaban J connectivity index is 2.71. The lowest BCUT2D eigenvalue weighted by Gasteiger charge is -2.40. The highest BCUT2D eigenvalue weighted by molar-refractivity contribution is 4.90. The van der Waals surface area contributed by atoms with Crippen molar-refractivity contribution in [3.63, 3.8) is 0 Å². The van der Waals surface area contributed by atoms with Gasteiger partial charge in [-0.2, -0.15) is 0 Å². The van der Waals surface area contributed by atoms with Gasteiger partial charge < -0.3 is 30.3 Å². The lowest BCUT2D eigenvalue weighted by Crippen LogP contribution is -2.62. The summed E-state index contributed by atoms with van der Waals surface area (Å²) in [7, 11) is 0. The smallest absolute Gasteiger partial charge is 0.218 e. The number of ether oxygens (including phenoxy) is 1. The summed E-state index contributed by atoms with van der Waals surface area (Å²) in [6, 6.07) is 0. The van der Waals surface area contributed by atoms with Crippen LogP contribution in [0, 0.1) is 0 Å². The van der Waals surface area contributed by atoms with Gasteiger partial charge in [-0.1, -0.05) is 0 Å². The van der Waals surface area contributed by atoms with Crippen LogP contribution in [0.3, 0.4) is 0 Å². The first kappa shape index (κ1) is 9.85. The Kier molecular flexibility index (Phi) is 2.67. The summed E-state index contributed by atoms with van der Waals surface area (Å²) in [5.74, 6) is -2.17. The summed E-state index contributed by atoms with van der Waals surface area (Å²) < 4.78 is 4.56. The maximum Gasteiger partial charge on any atom is 0.218 e. The number of hydrogen-bond acceptors (Lipinski definition) is 6. The second-order valence-corrected chi connectivity index (χ2v) is 2.82. The lowest BCUT2D eigenvalue weighted by molar-refractivity contribution is -0.331. The summed E-state index contributed by atoms with van der Waals surface area (Å²) in [5.41, 5.74) is 0. The van der Waals surface area contributed by atoms with Crippen LogP contribution in [0.15, 0.2) is 0 Å². The highest BCUT2D eigenvalue weighted by atomic mass is 16.8. The second kappa shape index (κ2) is 3.25. The molecule has 0 bridgehead atoms. The fraction of sp³-hybridized carbons (Fsp3) is 1.00. The fourth-order valence-corrected chi connectivity index (χ4v) is 1.03. The van der Waals surface area contributed by atoms with Gasteiger partial charge in [0, 0.05) is 0 Å². The highest BCUT2D eigenvalue weighted by Crippen LogP contribution is 2.22. The molecular weight excluding hydrogens is 169 g/mol. The van der Waals surface area contributed by atoms with E-state index < -0.39 is 30.7 Å². The average Bonchev–Trinajstić information content (AvgIpc) is 2.09. The molecule has 5 N–H and O–H groups in total. The van der Waals surface area contributed by atoms with Crippen molar-refractivity contribution in [1.82, 2.24) is 0 Å². The molecule has 4 unspecified atom stereocenters. The number of rotatable bonds is 1. The first-order valence-corrected chi connectivity index (χ1v) is 3.52. The molecule has 1 rings (SSSR count). The Morgan fingerprint density at radius 1 is 1.33 bits per heavy atom. The van der Waals surface area contributed by atoms with Gasteiger partial charge in [-0.3, -0.25) is 0 Å². The van der Waals surface area contributed by atoms with E-state index in [2.05, 4.69) is 4.74 Å². The molecule has 0 spiro atoms. The normalized spacial score (nSPS) is 49.2. The molecule has 0 amide bonds. The number of aliphatic hydroxyl groups is 5. The van der Waals surface area contributed by atoms with Gasteiger partial charge in [0.2, 0.25) is 5.79 Å². The molecule has 1 fully saturated rings. The molecule has 6 nitrogen and oxygen atoms in total. The molecule has 0 saturated carbocycles. The van der Waals surface area contributed by atoms with Crippen LogP contribution < -0.4 is 0 Å². The fourth-order valence-electron chi connectivity index (χ4n) is 1.03. The molecule has 4 atom stereocenters. The number of aliphatic hydroxyl groups excluding tert-OH is 4. The van der Waals surface area contributed by atoms with E-state index in [-0.39, 0.29) is 6.61 Å². The molecule has 1 heterocycles. The molecule has 0 aromatic heterocycles. The van der Waals surface area contributed by atoms with E-state index in [4.69, 9.17) is 20.4 Å². The molecule has 1 saturated heterocycles. The van der Waals surface area contributed by atoms with Crippen LogP contribution in [0.1, 0.15) is 0 Å². The van der Waals surface area contributed by atoms with Gasteiger partial charge in [-0.25, -0.2) is 0 Å². The van der Waals surface area contributed by atoms with Gasteiger partial charge in [0.15, 0.2) is 0 Å². The zero-order valence-electron chi connectivity index (χ0n) is 6.29. The van der Waals surface area contributed by atoms with Crippen molar-refractivity contribution < 1.29 is 30.3 Å². The van der Waals surface area contributed by atoms with Gasteiger partial charge in [0.05, 0.1) is 13.2 Å². The molecule has 1 aliphatic rings. The molecule has 12 heavy (non-hydrogen) atoms. The Bertz CT molecular complexity index is 162. The Morgan fingerprint density at radius 2 is 1.92 bits per heavy atom. The van der Waals surface area contributed by atoms with E-state index in [0.29, 0.717) is 0 Å². The first-order valence-electron chi connectivity index (χ1n) is 3.52. The third-order valence-corrected chi connectivity index (χ3v) is 1.91. The molecule has 72 valence electrons. The molecule has 0 aromatic carbocycles. The largest absolute Gasteiger partial charge is 0.391 e. The summed E-state index contributed by atoms with van der Waals surface area (Å²) in [4.78, 5) is 0. The monoisotopic (exact) mass is 181 g/mol. The summed E-state index contributed by atoms with van der Waals surface area (Å²) in [6.45, 7) is -1.16. The Labute approximate surface area is 68.6 Å². The van der Waals surface area contributed by atoms with Gasteiger partial charge in [-0.05, 0) is 0 Å². The van der Waals surface area contributed by atoms with Gasteiger partial charge in [0.1, 0.15) is 18.3 Å². The molecule has 6 heteroatoms. The Hall–Kier alpha value is -0.240. The number of hydrogen-bond donors (Lipinski definition) is 5. The van der Waals surface area contributed by atoms with Crippen LogP contribution in [0.5, 0.6) is 0 Å². The van der Waals surface area contributed by atoms with E-state index in [1.807, 2.05) is 0 Å². The zero-order chi connectivity index (χ0) is 9.35. The second-order valence-electron chi connectivity index (χ2n) is 2.82. The van der Waals surface area contributed by atoms with E-state index in [1.165, 1.54) is 0 Å². The molecule has 0 aromatic rings. The average molecular weight is 181 g/mol. The van der Waals surface area contributed by atoms with Crippen LogP contribution in [0.25, 0.3) is 0 Å². The molecular formula is C6H12O6. The van der Waals surface area contributed by atoms with Crippen molar-refractivity contribution in [2.45, 2.75) is 24.1 Å². The third kappa shape index (κ3) is 1.45. The van der Waals surface area contributed by atoms with Crippen molar-refractivity contribution in [2.24, 2.45) is 0 Å². The topological polar surface area (TPSA) is 110 Å². The molecule has 0 aliphatic carbocycles. The minimum atomic E-state index is -2.17. The minimum absolute atomic E-state index is 0.324. The third-order valence-electron chi connectivity index (χ3n) is 1.91. The van der Waals surface area contributed by atoms with Crippen molar-refractivity contribution in [3.05, 3.63) is 0 Å². The van der Waals surface area contributed by atoms with Crippen LogP contribution in [0.2, 0.25) is 0 Å². The highest BCUT2D eigenvalue weighted by Gasteiger charge is 2.47. The van der Waals surface area contributed by atoms with Crippen molar-refractivity contribution in [2.75, 3.05) is 13.2 Å². The van der Waals surface area contributed by atoms with Crippen molar-refractivity contribution >= 4 is 0 Å². The van der Waals surface area contributed by atoms with Crippen molar-refractivity contribution in [3.8, 4) is 0 Å². The van der Waals surface area contributed by atoms with E-state index in [1.54, 1.807) is 0 Å². The van der Waals surface area contributed by atoms with E-state index in [9.17, 15) is 5.11 Å². The predicted molar refractivity (Wildman–Crippen MR) is 36.0 cm³/mol. The maximum atomic E-state index is 9.24. The maximum absolute atomic E-state index is 9.24. The molecule has 1 aliphatic heterocycles. The predicted octanol–water partition coefficient (Wildman–Crippen LogP) is -3.22. The van der Waals surface area contributed by atoms with Gasteiger partial charge in [-0.15, -0.1) is 0 Å². The van der Waals surface area contributed by atoms with Crippen LogP contribution in [-0.4, -0.2) is 62.8 Å². The van der Waals surface area contributed by atoms with Crippen LogP contribution in [-0.2, 0) is 4.74 Å². The van der Waals surface area contributed by atoms with E-state index >= 15 is 0 Å². The lowest BCUT2D eigenvalue weighted by atomic mass is 10.1. The Morgan fingerprint density at radius 3 is 2.42 bits per heavy atom. The summed E-state index contributed by atoms with van der Waals surface area (Å²) in [6.07, 6.45) is -4.45. The van der Waals surface area contributed by atoms with Gasteiger partial charge in [0.25, 0.3) is 0 Å². The standard InChI is InChI=1S/C6H12O6/c7-2-6(11)5(10)4(9)3(8)1-12-6/h3-5,7-11H,1-2H2/i6+1. The summed E-state index contributed by atoms with van der Waals surface area (Å²) >= 11 is 0. The SMILES string of the molecule is OC[13C]1(O)OCC(O)C(O)C1O.